The fraction of sp³-hybridized carbons (Fsp3) is 0.593. The number of fused-ring (bicyclic) bond motifs is 1. The molecule has 1 spiro atoms. The van der Waals surface area contributed by atoms with Gasteiger partial charge in [0, 0.05) is 12.8 Å². The Balaban J connectivity index is 1.61. The Morgan fingerprint density at radius 2 is 1.50 bits per heavy atom. The van der Waals surface area contributed by atoms with Crippen molar-refractivity contribution in [1.82, 2.24) is 0 Å². The van der Waals surface area contributed by atoms with Crippen molar-refractivity contribution in [2.24, 2.45) is 17.3 Å². The smallest absolute Gasteiger partial charge is 0.374 e. The molecule has 3 aliphatic rings. The van der Waals surface area contributed by atoms with E-state index in [9.17, 15) is 14.4 Å². The van der Waals surface area contributed by atoms with E-state index in [1.165, 1.54) is 19.5 Å². The summed E-state index contributed by atoms with van der Waals surface area (Å²) in [6.45, 7) is 9.24. The second-order valence-electron chi connectivity index (χ2n) is 10.9. The van der Waals surface area contributed by atoms with Crippen molar-refractivity contribution in [2.45, 2.75) is 83.4 Å². The monoisotopic (exact) mass is 500 g/mol. The Morgan fingerprint density at radius 3 is 2.06 bits per heavy atom. The van der Waals surface area contributed by atoms with Crippen molar-refractivity contribution in [2.75, 3.05) is 0 Å². The van der Waals surface area contributed by atoms with Crippen LogP contribution in [0.2, 0.25) is 0 Å². The first-order chi connectivity index (χ1) is 17.0. The van der Waals surface area contributed by atoms with Gasteiger partial charge in [0.1, 0.15) is 23.9 Å². The molecule has 0 unspecified atom stereocenters. The normalized spacial score (nSPS) is 36.5. The highest BCUT2D eigenvalue weighted by Gasteiger charge is 2.79. The summed E-state index contributed by atoms with van der Waals surface area (Å²) in [5.74, 6) is -1.85. The molecule has 9 nitrogen and oxygen atoms in total. The summed E-state index contributed by atoms with van der Waals surface area (Å²) in [4.78, 5) is 38.3. The Hall–Kier alpha value is -3.07. The summed E-state index contributed by atoms with van der Waals surface area (Å²) < 4.78 is 35.6. The van der Waals surface area contributed by atoms with Gasteiger partial charge in [-0.1, -0.05) is 6.92 Å². The standard InChI is InChI=1S/C27H32O9/c1-15-10-11-20(33-16(2)28)26(5)21(34-23(29)18-8-6-12-31-18)14-17-22(27(15,26)36-25(17,3)4)35-24(30)19-9-7-13-32-19/h6-9,12-13,15,17,20-22H,10-11,14H2,1-5H3/t15-,17-,20+,21+,22+,26-,27+/m1/s1. The van der Waals surface area contributed by atoms with Gasteiger partial charge in [-0.25, -0.2) is 9.59 Å². The molecule has 2 aromatic rings. The number of ether oxygens (including phenoxy) is 4. The van der Waals surface area contributed by atoms with E-state index >= 15 is 0 Å². The van der Waals surface area contributed by atoms with Gasteiger partial charge in [0.05, 0.1) is 23.5 Å². The summed E-state index contributed by atoms with van der Waals surface area (Å²) in [6, 6.07) is 6.33. The lowest BCUT2D eigenvalue weighted by Crippen LogP contribution is -2.73. The molecule has 0 amide bonds. The van der Waals surface area contributed by atoms with E-state index in [0.717, 1.165) is 0 Å². The SMILES string of the molecule is CC(=O)O[C@H]1CC[C@@H](C)[C@@]23OC(C)(C)[C@H](C[C@H](OC(=O)c4ccco4)[C@@]12C)[C@@H]3OC(=O)c1ccco1. The minimum Gasteiger partial charge on any atom is -0.462 e. The molecule has 5 rings (SSSR count). The topological polar surface area (TPSA) is 114 Å². The van der Waals surface area contributed by atoms with Gasteiger partial charge >= 0.3 is 17.9 Å². The highest BCUT2D eigenvalue weighted by Crippen LogP contribution is 2.67. The van der Waals surface area contributed by atoms with E-state index in [2.05, 4.69) is 0 Å². The maximum absolute atomic E-state index is 13.1. The van der Waals surface area contributed by atoms with Crippen LogP contribution in [-0.4, -0.2) is 47.4 Å². The lowest BCUT2D eigenvalue weighted by Gasteiger charge is -2.61. The third-order valence-electron chi connectivity index (χ3n) is 8.59. The molecule has 194 valence electrons. The molecule has 3 fully saturated rings. The van der Waals surface area contributed by atoms with Crippen LogP contribution in [0.5, 0.6) is 0 Å². The number of hydrogen-bond acceptors (Lipinski definition) is 9. The number of carbonyl (C=O) groups is 3. The van der Waals surface area contributed by atoms with Crippen molar-refractivity contribution >= 4 is 17.9 Å². The first-order valence-electron chi connectivity index (χ1n) is 12.4. The lowest BCUT2D eigenvalue weighted by atomic mass is 9.49. The molecule has 2 saturated carbocycles. The van der Waals surface area contributed by atoms with Crippen LogP contribution >= 0.6 is 0 Å². The molecule has 2 aromatic heterocycles. The second-order valence-corrected chi connectivity index (χ2v) is 10.9. The van der Waals surface area contributed by atoms with Crippen LogP contribution in [0.3, 0.4) is 0 Å². The molecule has 1 saturated heterocycles. The van der Waals surface area contributed by atoms with E-state index in [-0.39, 0.29) is 23.4 Å². The Morgan fingerprint density at radius 1 is 0.889 bits per heavy atom. The molecule has 3 heterocycles. The van der Waals surface area contributed by atoms with Crippen molar-refractivity contribution in [1.29, 1.82) is 0 Å². The van der Waals surface area contributed by atoms with Crippen molar-refractivity contribution in [3.8, 4) is 0 Å². The summed E-state index contributed by atoms with van der Waals surface area (Å²) in [6.07, 6.45) is 2.41. The van der Waals surface area contributed by atoms with Gasteiger partial charge in [-0.05, 0) is 70.2 Å². The van der Waals surface area contributed by atoms with Gasteiger partial charge in [0.25, 0.3) is 0 Å². The highest BCUT2D eigenvalue weighted by atomic mass is 16.6. The maximum Gasteiger partial charge on any atom is 0.374 e. The van der Waals surface area contributed by atoms with E-state index in [1.807, 2.05) is 27.7 Å². The van der Waals surface area contributed by atoms with Crippen LogP contribution in [0.4, 0.5) is 0 Å². The van der Waals surface area contributed by atoms with Crippen LogP contribution in [0.25, 0.3) is 0 Å². The van der Waals surface area contributed by atoms with E-state index in [1.54, 1.807) is 24.3 Å². The summed E-state index contributed by atoms with van der Waals surface area (Å²) in [5, 5.41) is 0. The predicted molar refractivity (Wildman–Crippen MR) is 124 cm³/mol. The molecule has 0 aromatic carbocycles. The molecule has 0 radical (unpaired) electrons. The zero-order valence-electron chi connectivity index (χ0n) is 21.1. The quantitative estimate of drug-likeness (QED) is 0.430. The van der Waals surface area contributed by atoms with Crippen LogP contribution in [0.1, 0.15) is 75.0 Å². The van der Waals surface area contributed by atoms with Gasteiger partial charge in [-0.15, -0.1) is 0 Å². The molecular formula is C27H32O9. The fourth-order valence-electron chi connectivity index (χ4n) is 6.94. The molecule has 2 bridgehead atoms. The van der Waals surface area contributed by atoms with E-state index < -0.39 is 52.8 Å². The van der Waals surface area contributed by atoms with Crippen LogP contribution in [0, 0.1) is 17.3 Å². The number of esters is 3. The molecule has 36 heavy (non-hydrogen) atoms. The number of carbonyl (C=O) groups excluding carboxylic acids is 3. The highest BCUT2D eigenvalue weighted by molar-refractivity contribution is 5.87. The van der Waals surface area contributed by atoms with Crippen molar-refractivity contribution in [3.05, 3.63) is 48.3 Å². The van der Waals surface area contributed by atoms with E-state index in [0.29, 0.717) is 19.3 Å². The Bertz CT molecular complexity index is 1130. The molecule has 7 atom stereocenters. The number of furan rings is 2. The Labute approximate surface area is 209 Å². The summed E-state index contributed by atoms with van der Waals surface area (Å²) in [5.41, 5.74) is -2.82. The van der Waals surface area contributed by atoms with Gasteiger partial charge in [0.2, 0.25) is 11.5 Å². The van der Waals surface area contributed by atoms with E-state index in [4.69, 9.17) is 27.8 Å². The predicted octanol–water partition coefficient (Wildman–Crippen LogP) is 4.56. The molecule has 0 N–H and O–H groups in total. The third-order valence-corrected chi connectivity index (χ3v) is 8.59. The summed E-state index contributed by atoms with van der Waals surface area (Å²) >= 11 is 0. The van der Waals surface area contributed by atoms with Crippen molar-refractivity contribution < 1.29 is 42.2 Å². The van der Waals surface area contributed by atoms with Gasteiger partial charge in [0.15, 0.2) is 0 Å². The van der Waals surface area contributed by atoms with Crippen LogP contribution in [-0.2, 0) is 23.7 Å². The molecule has 9 heteroatoms. The van der Waals surface area contributed by atoms with Gasteiger partial charge in [-0.3, -0.25) is 4.79 Å². The minimum atomic E-state index is -1.09. The maximum atomic E-state index is 13.1. The van der Waals surface area contributed by atoms with Crippen LogP contribution < -0.4 is 0 Å². The zero-order chi connectivity index (χ0) is 25.9. The Kier molecular flexibility index (Phi) is 5.82. The van der Waals surface area contributed by atoms with Crippen molar-refractivity contribution in [3.63, 3.8) is 0 Å². The number of hydrogen-bond donors (Lipinski definition) is 0. The minimum absolute atomic E-state index is 0.0828. The van der Waals surface area contributed by atoms with Crippen LogP contribution in [0.15, 0.2) is 45.6 Å². The molecular weight excluding hydrogens is 468 g/mol. The molecule has 1 aliphatic heterocycles. The fourth-order valence-corrected chi connectivity index (χ4v) is 6.94. The van der Waals surface area contributed by atoms with Gasteiger partial charge < -0.3 is 27.8 Å². The third kappa shape index (κ3) is 3.50. The second kappa shape index (κ2) is 8.50. The lowest BCUT2D eigenvalue weighted by molar-refractivity contribution is -0.283. The largest absolute Gasteiger partial charge is 0.462 e. The first kappa shape index (κ1) is 24.6. The first-order valence-corrected chi connectivity index (χ1v) is 12.4. The average Bonchev–Trinajstić information content (AvgIpc) is 3.55. The van der Waals surface area contributed by atoms with Gasteiger partial charge in [-0.2, -0.15) is 0 Å². The average molecular weight is 501 g/mol. The molecule has 2 aliphatic carbocycles. The number of rotatable bonds is 5. The summed E-state index contributed by atoms with van der Waals surface area (Å²) in [7, 11) is 0. The zero-order valence-corrected chi connectivity index (χ0v) is 21.1.